The maximum absolute atomic E-state index is 13.8. The summed E-state index contributed by atoms with van der Waals surface area (Å²) in [5.41, 5.74) is 0.539. The predicted molar refractivity (Wildman–Crippen MR) is 90.2 cm³/mol. The van der Waals surface area contributed by atoms with E-state index in [0.717, 1.165) is 16.0 Å². The van der Waals surface area contributed by atoms with Crippen molar-refractivity contribution in [1.82, 2.24) is 4.98 Å². The SMILES string of the molecule is CCOc1ccc2nc(NC(=O)c3c(F)cccc3Cl)sc2c1. The molecule has 1 heterocycles. The molecule has 0 spiro atoms. The average molecular weight is 351 g/mol. The Hall–Kier alpha value is -2.18. The highest BCUT2D eigenvalue weighted by Gasteiger charge is 2.17. The molecule has 2 aromatic carbocycles. The summed E-state index contributed by atoms with van der Waals surface area (Å²) >= 11 is 7.17. The number of carbonyl (C=O) groups excluding carboxylic acids is 1. The Morgan fingerprint density at radius 3 is 2.96 bits per heavy atom. The van der Waals surface area contributed by atoms with Gasteiger partial charge in [-0.15, -0.1) is 0 Å². The van der Waals surface area contributed by atoms with Gasteiger partial charge in [0.1, 0.15) is 11.6 Å². The van der Waals surface area contributed by atoms with E-state index in [-0.39, 0.29) is 10.6 Å². The molecule has 0 saturated carbocycles. The molecular weight excluding hydrogens is 339 g/mol. The Bertz CT molecular complexity index is 861. The lowest BCUT2D eigenvalue weighted by atomic mass is 10.2. The molecule has 3 rings (SSSR count). The second-order valence-electron chi connectivity index (χ2n) is 4.63. The van der Waals surface area contributed by atoms with Gasteiger partial charge < -0.3 is 4.74 Å². The first-order chi connectivity index (χ1) is 11.1. The molecule has 1 aromatic heterocycles. The van der Waals surface area contributed by atoms with Crippen LogP contribution in [0.3, 0.4) is 0 Å². The number of hydrogen-bond acceptors (Lipinski definition) is 4. The number of halogens is 2. The topological polar surface area (TPSA) is 51.2 Å². The molecule has 1 N–H and O–H groups in total. The lowest BCUT2D eigenvalue weighted by Crippen LogP contribution is -2.14. The summed E-state index contributed by atoms with van der Waals surface area (Å²) in [5.74, 6) is -0.564. The van der Waals surface area contributed by atoms with E-state index in [2.05, 4.69) is 10.3 Å². The Kier molecular flexibility index (Phi) is 4.45. The predicted octanol–water partition coefficient (Wildman–Crippen LogP) is 4.74. The fraction of sp³-hybridized carbons (Fsp3) is 0.125. The number of aromatic nitrogens is 1. The second-order valence-corrected chi connectivity index (χ2v) is 6.07. The molecule has 0 fully saturated rings. The fourth-order valence-corrected chi connectivity index (χ4v) is 3.23. The van der Waals surface area contributed by atoms with Gasteiger partial charge in [0.2, 0.25) is 0 Å². The zero-order chi connectivity index (χ0) is 16.4. The zero-order valence-electron chi connectivity index (χ0n) is 12.1. The monoisotopic (exact) mass is 350 g/mol. The molecule has 0 radical (unpaired) electrons. The molecule has 0 unspecified atom stereocenters. The molecule has 0 aliphatic carbocycles. The molecule has 3 aromatic rings. The molecule has 118 valence electrons. The number of fused-ring (bicyclic) bond motifs is 1. The highest BCUT2D eigenvalue weighted by molar-refractivity contribution is 7.22. The molecule has 1 amide bonds. The van der Waals surface area contributed by atoms with Crippen LogP contribution in [-0.2, 0) is 0 Å². The van der Waals surface area contributed by atoms with Crippen LogP contribution in [0.15, 0.2) is 36.4 Å². The van der Waals surface area contributed by atoms with Crippen molar-refractivity contribution < 1.29 is 13.9 Å². The first kappa shape index (κ1) is 15.7. The number of hydrogen-bond donors (Lipinski definition) is 1. The number of ether oxygens (including phenoxy) is 1. The van der Waals surface area contributed by atoms with Gasteiger partial charge in [0, 0.05) is 0 Å². The number of rotatable bonds is 4. The van der Waals surface area contributed by atoms with Gasteiger partial charge in [0.05, 0.1) is 27.4 Å². The third-order valence-electron chi connectivity index (χ3n) is 3.08. The maximum Gasteiger partial charge on any atom is 0.261 e. The van der Waals surface area contributed by atoms with Crippen molar-refractivity contribution in [2.75, 3.05) is 11.9 Å². The smallest absolute Gasteiger partial charge is 0.261 e. The van der Waals surface area contributed by atoms with Crippen molar-refractivity contribution in [3.63, 3.8) is 0 Å². The van der Waals surface area contributed by atoms with E-state index in [4.69, 9.17) is 16.3 Å². The number of nitrogens with one attached hydrogen (secondary N) is 1. The molecule has 0 aliphatic rings. The van der Waals surface area contributed by atoms with E-state index in [1.807, 2.05) is 25.1 Å². The van der Waals surface area contributed by atoms with E-state index >= 15 is 0 Å². The average Bonchev–Trinajstić information content (AvgIpc) is 2.88. The summed E-state index contributed by atoms with van der Waals surface area (Å²) < 4.78 is 20.1. The van der Waals surface area contributed by atoms with Crippen LogP contribution in [0.4, 0.5) is 9.52 Å². The molecule has 4 nitrogen and oxygen atoms in total. The maximum atomic E-state index is 13.8. The zero-order valence-corrected chi connectivity index (χ0v) is 13.7. The highest BCUT2D eigenvalue weighted by Crippen LogP contribution is 2.30. The van der Waals surface area contributed by atoms with Crippen LogP contribution in [0.1, 0.15) is 17.3 Å². The third-order valence-corrected chi connectivity index (χ3v) is 4.33. The Labute approximate surface area is 140 Å². The first-order valence-corrected chi connectivity index (χ1v) is 8.06. The fourth-order valence-electron chi connectivity index (χ4n) is 2.09. The second kappa shape index (κ2) is 6.52. The molecule has 0 saturated heterocycles. The van der Waals surface area contributed by atoms with Crippen LogP contribution in [0, 0.1) is 5.82 Å². The number of amides is 1. The number of anilines is 1. The van der Waals surface area contributed by atoms with Crippen molar-refractivity contribution in [2.24, 2.45) is 0 Å². The lowest BCUT2D eigenvalue weighted by molar-refractivity contribution is 0.102. The Morgan fingerprint density at radius 1 is 1.39 bits per heavy atom. The first-order valence-electron chi connectivity index (χ1n) is 6.87. The van der Waals surface area contributed by atoms with Gasteiger partial charge in [0.15, 0.2) is 5.13 Å². The summed E-state index contributed by atoms with van der Waals surface area (Å²) in [6.07, 6.45) is 0. The van der Waals surface area contributed by atoms with Crippen molar-refractivity contribution in [2.45, 2.75) is 6.92 Å². The minimum absolute atomic E-state index is 0.0576. The molecule has 0 aliphatic heterocycles. The third kappa shape index (κ3) is 3.28. The van der Waals surface area contributed by atoms with Crippen molar-refractivity contribution in [3.8, 4) is 5.75 Å². The van der Waals surface area contributed by atoms with Gasteiger partial charge in [-0.1, -0.05) is 29.0 Å². The number of nitrogens with zero attached hydrogens (tertiary/aromatic N) is 1. The van der Waals surface area contributed by atoms with E-state index in [9.17, 15) is 9.18 Å². The van der Waals surface area contributed by atoms with Crippen LogP contribution >= 0.6 is 22.9 Å². The van der Waals surface area contributed by atoms with Crippen LogP contribution < -0.4 is 10.1 Å². The minimum atomic E-state index is -0.672. The van der Waals surface area contributed by atoms with Gasteiger partial charge in [-0.2, -0.15) is 0 Å². The van der Waals surface area contributed by atoms with Crippen LogP contribution in [-0.4, -0.2) is 17.5 Å². The summed E-state index contributed by atoms with van der Waals surface area (Å²) in [6.45, 7) is 2.47. The van der Waals surface area contributed by atoms with Crippen molar-refractivity contribution in [1.29, 1.82) is 0 Å². The van der Waals surface area contributed by atoms with Crippen molar-refractivity contribution in [3.05, 3.63) is 52.8 Å². The molecule has 7 heteroatoms. The van der Waals surface area contributed by atoms with Crippen molar-refractivity contribution >= 4 is 44.2 Å². The molecule has 23 heavy (non-hydrogen) atoms. The van der Waals surface area contributed by atoms with Crippen LogP contribution in [0.5, 0.6) is 5.75 Å². The summed E-state index contributed by atoms with van der Waals surface area (Å²) in [5, 5.41) is 3.01. The summed E-state index contributed by atoms with van der Waals surface area (Å²) in [4.78, 5) is 16.5. The van der Waals surface area contributed by atoms with Crippen LogP contribution in [0.25, 0.3) is 10.2 Å². The Balaban J connectivity index is 1.88. The van der Waals surface area contributed by atoms with E-state index in [1.165, 1.54) is 29.5 Å². The number of carbonyl (C=O) groups is 1. The normalized spacial score (nSPS) is 10.7. The minimum Gasteiger partial charge on any atom is -0.494 e. The number of thiazole rings is 1. The van der Waals surface area contributed by atoms with Gasteiger partial charge in [-0.25, -0.2) is 9.37 Å². The summed E-state index contributed by atoms with van der Waals surface area (Å²) in [6, 6.07) is 9.57. The van der Waals surface area contributed by atoms with Gasteiger partial charge in [-0.05, 0) is 37.3 Å². The number of benzene rings is 2. The Morgan fingerprint density at radius 2 is 2.22 bits per heavy atom. The van der Waals surface area contributed by atoms with Gasteiger partial charge in [-0.3, -0.25) is 10.1 Å². The standard InChI is InChI=1S/C16H12ClFN2O2S/c1-2-22-9-6-7-12-13(8-9)23-16(19-12)20-15(21)14-10(17)4-3-5-11(14)18/h3-8H,2H2,1H3,(H,19,20,21). The molecular formula is C16H12ClFN2O2S. The largest absolute Gasteiger partial charge is 0.494 e. The quantitative estimate of drug-likeness (QED) is 0.739. The van der Waals surface area contributed by atoms with Gasteiger partial charge in [0.25, 0.3) is 5.91 Å². The molecule has 0 bridgehead atoms. The highest BCUT2D eigenvalue weighted by atomic mass is 35.5. The lowest BCUT2D eigenvalue weighted by Gasteiger charge is -2.04. The summed E-state index contributed by atoms with van der Waals surface area (Å²) in [7, 11) is 0. The molecule has 0 atom stereocenters. The van der Waals surface area contributed by atoms with E-state index in [1.54, 1.807) is 0 Å². The van der Waals surface area contributed by atoms with Gasteiger partial charge >= 0.3 is 0 Å². The van der Waals surface area contributed by atoms with Crippen LogP contribution in [0.2, 0.25) is 5.02 Å². The van der Waals surface area contributed by atoms with E-state index in [0.29, 0.717) is 11.7 Å². The van der Waals surface area contributed by atoms with E-state index < -0.39 is 11.7 Å².